The largest absolute Gasteiger partial charge is 0.465 e. The molecular weight excluding hydrogens is 260 g/mol. The van der Waals surface area contributed by atoms with Crippen molar-refractivity contribution in [1.29, 1.82) is 0 Å². The number of ether oxygens (including phenoxy) is 1. The summed E-state index contributed by atoms with van der Waals surface area (Å²) in [4.78, 5) is 29.0. The first-order valence-electron chi connectivity index (χ1n) is 6.36. The van der Waals surface area contributed by atoms with Crippen molar-refractivity contribution in [3.63, 3.8) is 0 Å². The van der Waals surface area contributed by atoms with E-state index >= 15 is 0 Å². The van der Waals surface area contributed by atoms with Gasteiger partial charge in [0.05, 0.1) is 24.9 Å². The van der Waals surface area contributed by atoms with Gasteiger partial charge >= 0.3 is 5.97 Å². The third-order valence-corrected chi connectivity index (χ3v) is 3.06. The highest BCUT2D eigenvalue weighted by Gasteiger charge is 2.24. The molecule has 0 saturated heterocycles. The predicted molar refractivity (Wildman–Crippen MR) is 74.4 cm³/mol. The number of esters is 1. The van der Waals surface area contributed by atoms with Crippen LogP contribution in [0.3, 0.4) is 0 Å². The molecule has 0 aliphatic heterocycles. The van der Waals surface area contributed by atoms with Crippen LogP contribution < -0.4 is 16.0 Å². The molecule has 7 nitrogen and oxygen atoms in total. The zero-order valence-corrected chi connectivity index (χ0v) is 11.5. The molecule has 2 rings (SSSR count). The van der Waals surface area contributed by atoms with Gasteiger partial charge in [0, 0.05) is 19.3 Å². The Morgan fingerprint density at radius 2 is 2.25 bits per heavy atom. The van der Waals surface area contributed by atoms with Gasteiger partial charge in [-0.2, -0.15) is 0 Å². The lowest BCUT2D eigenvalue weighted by atomic mass is 10.2. The fraction of sp³-hybridized carbons (Fsp3) is 0.462. The summed E-state index contributed by atoms with van der Waals surface area (Å²) in [6.07, 6.45) is 3.54. The van der Waals surface area contributed by atoms with Crippen molar-refractivity contribution >= 4 is 23.4 Å². The van der Waals surface area contributed by atoms with Crippen molar-refractivity contribution in [1.82, 2.24) is 10.3 Å². The van der Waals surface area contributed by atoms with Crippen LogP contribution in [-0.2, 0) is 9.53 Å². The lowest BCUT2D eigenvalue weighted by Crippen LogP contribution is -2.37. The number of nitrogen functional groups attached to an aromatic ring is 1. The van der Waals surface area contributed by atoms with E-state index in [1.165, 1.54) is 19.4 Å². The van der Waals surface area contributed by atoms with Crippen molar-refractivity contribution in [2.45, 2.75) is 18.9 Å². The van der Waals surface area contributed by atoms with E-state index in [0.29, 0.717) is 11.9 Å². The first-order valence-corrected chi connectivity index (χ1v) is 6.36. The number of amides is 1. The lowest BCUT2D eigenvalue weighted by Gasteiger charge is -2.20. The quantitative estimate of drug-likeness (QED) is 0.745. The molecule has 20 heavy (non-hydrogen) atoms. The van der Waals surface area contributed by atoms with Crippen LogP contribution in [0.5, 0.6) is 0 Å². The number of likely N-dealkylation sites (N-methyl/N-ethyl adjacent to an activating group) is 1. The summed E-state index contributed by atoms with van der Waals surface area (Å²) in [7, 11) is 2.99. The van der Waals surface area contributed by atoms with Crippen LogP contribution in [0.4, 0.5) is 11.5 Å². The minimum atomic E-state index is -0.526. The number of pyridine rings is 1. The number of methoxy groups -OCH3 is 1. The van der Waals surface area contributed by atoms with Crippen LogP contribution >= 0.6 is 0 Å². The molecule has 0 radical (unpaired) electrons. The Labute approximate surface area is 117 Å². The Balaban J connectivity index is 2.10. The summed E-state index contributed by atoms with van der Waals surface area (Å²) < 4.78 is 4.65. The fourth-order valence-corrected chi connectivity index (χ4v) is 1.85. The van der Waals surface area contributed by atoms with Gasteiger partial charge in [0.2, 0.25) is 5.91 Å². The van der Waals surface area contributed by atoms with Crippen LogP contribution in [0.1, 0.15) is 23.2 Å². The van der Waals surface area contributed by atoms with Crippen molar-refractivity contribution in [2.75, 3.05) is 31.3 Å². The second-order valence-electron chi connectivity index (χ2n) is 4.79. The molecule has 108 valence electrons. The van der Waals surface area contributed by atoms with E-state index in [1.807, 2.05) is 0 Å². The van der Waals surface area contributed by atoms with Crippen molar-refractivity contribution in [3.05, 3.63) is 17.8 Å². The molecule has 0 bridgehead atoms. The Kier molecular flexibility index (Phi) is 4.07. The van der Waals surface area contributed by atoms with E-state index in [1.54, 1.807) is 11.9 Å². The predicted octanol–water partition coefficient (Wildman–Crippen LogP) is 0.165. The molecule has 1 fully saturated rings. The van der Waals surface area contributed by atoms with Gasteiger partial charge in [-0.1, -0.05) is 0 Å². The van der Waals surface area contributed by atoms with Gasteiger partial charge in [0.25, 0.3) is 0 Å². The lowest BCUT2D eigenvalue weighted by molar-refractivity contribution is -0.119. The molecule has 0 spiro atoms. The molecule has 1 aromatic rings. The van der Waals surface area contributed by atoms with E-state index in [2.05, 4.69) is 15.0 Å². The van der Waals surface area contributed by atoms with Gasteiger partial charge in [-0.3, -0.25) is 4.79 Å². The van der Waals surface area contributed by atoms with Gasteiger partial charge < -0.3 is 20.7 Å². The van der Waals surface area contributed by atoms with Crippen LogP contribution in [0.25, 0.3) is 0 Å². The highest BCUT2D eigenvalue weighted by molar-refractivity contribution is 5.98. The molecule has 0 aromatic carbocycles. The number of carbonyl (C=O) groups excluding carboxylic acids is 2. The number of carbonyl (C=O) groups is 2. The van der Waals surface area contributed by atoms with E-state index in [9.17, 15) is 9.59 Å². The summed E-state index contributed by atoms with van der Waals surface area (Å²) in [5, 5.41) is 2.88. The van der Waals surface area contributed by atoms with Gasteiger partial charge in [0.15, 0.2) is 5.82 Å². The first-order chi connectivity index (χ1) is 9.52. The maximum absolute atomic E-state index is 11.8. The summed E-state index contributed by atoms with van der Waals surface area (Å²) >= 11 is 0. The SMILES string of the molecule is COC(=O)c1ccnc(N(C)CC(=O)NC2CC2)c1N. The van der Waals surface area contributed by atoms with Crippen molar-refractivity contribution in [3.8, 4) is 0 Å². The summed E-state index contributed by atoms with van der Waals surface area (Å²) in [6.45, 7) is 0.137. The highest BCUT2D eigenvalue weighted by Crippen LogP contribution is 2.24. The third-order valence-electron chi connectivity index (χ3n) is 3.06. The number of anilines is 2. The fourth-order valence-electron chi connectivity index (χ4n) is 1.85. The van der Waals surface area contributed by atoms with Crippen molar-refractivity contribution < 1.29 is 14.3 Å². The number of aromatic nitrogens is 1. The second-order valence-corrected chi connectivity index (χ2v) is 4.79. The Bertz CT molecular complexity index is 528. The smallest absolute Gasteiger partial charge is 0.340 e. The third kappa shape index (κ3) is 3.17. The molecule has 1 aliphatic carbocycles. The van der Waals surface area contributed by atoms with E-state index < -0.39 is 5.97 Å². The molecule has 0 atom stereocenters. The standard InChI is InChI=1S/C13H18N4O3/c1-17(7-10(18)16-8-3-4-8)12-11(14)9(5-6-15-12)13(19)20-2/h5-6,8H,3-4,7,14H2,1-2H3,(H,16,18). The number of nitrogens with zero attached hydrogens (tertiary/aromatic N) is 2. The number of nitrogens with two attached hydrogens (primary N) is 1. The number of nitrogens with one attached hydrogen (secondary N) is 1. The maximum Gasteiger partial charge on any atom is 0.340 e. The van der Waals surface area contributed by atoms with E-state index in [-0.39, 0.29) is 23.7 Å². The Morgan fingerprint density at radius 1 is 1.55 bits per heavy atom. The van der Waals surface area contributed by atoms with Crippen LogP contribution in [0, 0.1) is 0 Å². The minimum Gasteiger partial charge on any atom is -0.465 e. The number of rotatable bonds is 5. The molecule has 1 saturated carbocycles. The first kappa shape index (κ1) is 14.1. The molecule has 1 amide bonds. The molecule has 3 N–H and O–H groups in total. The molecule has 1 aliphatic rings. The molecule has 0 unspecified atom stereocenters. The Morgan fingerprint density at radius 3 is 2.85 bits per heavy atom. The van der Waals surface area contributed by atoms with Gasteiger partial charge in [-0.15, -0.1) is 0 Å². The van der Waals surface area contributed by atoms with E-state index in [0.717, 1.165) is 12.8 Å². The normalized spacial score (nSPS) is 13.7. The highest BCUT2D eigenvalue weighted by atomic mass is 16.5. The van der Waals surface area contributed by atoms with E-state index in [4.69, 9.17) is 5.73 Å². The maximum atomic E-state index is 11.8. The van der Waals surface area contributed by atoms with Gasteiger partial charge in [-0.05, 0) is 18.9 Å². The summed E-state index contributed by atoms with van der Waals surface area (Å²) in [5.41, 5.74) is 6.37. The van der Waals surface area contributed by atoms with Crippen LogP contribution in [-0.4, -0.2) is 43.6 Å². The van der Waals surface area contributed by atoms with Crippen LogP contribution in [0.15, 0.2) is 12.3 Å². The molecule has 1 heterocycles. The molecule has 1 aromatic heterocycles. The van der Waals surface area contributed by atoms with Crippen LogP contribution in [0.2, 0.25) is 0 Å². The average molecular weight is 278 g/mol. The topological polar surface area (TPSA) is 97.5 Å². The second kappa shape index (κ2) is 5.77. The number of hydrogen-bond donors (Lipinski definition) is 2. The zero-order valence-electron chi connectivity index (χ0n) is 11.5. The Hall–Kier alpha value is -2.31. The van der Waals surface area contributed by atoms with Gasteiger partial charge in [-0.25, -0.2) is 9.78 Å². The summed E-state index contributed by atoms with van der Waals surface area (Å²) in [6, 6.07) is 1.80. The summed E-state index contributed by atoms with van der Waals surface area (Å²) in [5.74, 6) is -0.222. The monoisotopic (exact) mass is 278 g/mol. The molecular formula is C13H18N4O3. The zero-order chi connectivity index (χ0) is 14.7. The minimum absolute atomic E-state index is 0.0836. The average Bonchev–Trinajstić information content (AvgIpc) is 3.21. The molecule has 7 heteroatoms. The van der Waals surface area contributed by atoms with Gasteiger partial charge in [0.1, 0.15) is 0 Å². The van der Waals surface area contributed by atoms with Crippen molar-refractivity contribution in [2.24, 2.45) is 0 Å². The number of hydrogen-bond acceptors (Lipinski definition) is 6.